The first-order valence-corrected chi connectivity index (χ1v) is 11.4. The Hall–Kier alpha value is -2.74. The van der Waals surface area contributed by atoms with Crippen LogP contribution in [0.4, 0.5) is 105 Å². The Morgan fingerprint density at radius 2 is 0.667 bits per heavy atom. The van der Waals surface area contributed by atoms with E-state index in [0.29, 0.717) is 6.92 Å². The normalized spacial score (nSPS) is 15.4. The predicted molar refractivity (Wildman–Crippen MR) is 102 cm³/mol. The molecule has 0 bridgehead atoms. The van der Waals surface area contributed by atoms with Crippen molar-refractivity contribution in [2.45, 2.75) is 91.8 Å². The summed E-state index contributed by atoms with van der Waals surface area (Å²) < 4.78 is 321. The van der Waals surface area contributed by atoms with E-state index >= 15 is 0 Å². The van der Waals surface area contributed by atoms with Crippen molar-refractivity contribution < 1.29 is 124 Å². The first-order valence-electron chi connectivity index (χ1n) is 11.4. The van der Waals surface area contributed by atoms with Crippen LogP contribution < -0.4 is 0 Å². The van der Waals surface area contributed by atoms with Gasteiger partial charge in [-0.1, -0.05) is 6.92 Å². The number of hydrogen-bond acceptors (Lipinski definition) is 4. The Bertz CT molecular complexity index is 1050. The van der Waals surface area contributed by atoms with Crippen LogP contribution in [-0.4, -0.2) is 97.2 Å². The van der Waals surface area contributed by atoms with E-state index in [1.807, 2.05) is 0 Å². The number of alkyl halides is 24. The third kappa shape index (κ3) is 7.53. The van der Waals surface area contributed by atoms with E-state index in [0.717, 1.165) is 0 Å². The lowest BCUT2D eigenvalue weighted by atomic mass is 9.94. The SMILES string of the molecule is CC(CC(=O)OCC(F)(F)C(F)(F)C(F)(F)C(F)(F)C(F)(F)C(F)F)CC(=O)OCC(F)(F)C(F)(F)C(F)(F)C(F)(F)C(F)(F)C(F)F. The van der Waals surface area contributed by atoms with E-state index < -0.39 is 116 Å². The molecule has 28 heteroatoms. The van der Waals surface area contributed by atoms with Gasteiger partial charge in [0.1, 0.15) is 0 Å². The lowest BCUT2D eigenvalue weighted by molar-refractivity contribution is -0.414. The van der Waals surface area contributed by atoms with E-state index in [-0.39, 0.29) is 0 Å². The molecule has 0 amide bonds. The van der Waals surface area contributed by atoms with Gasteiger partial charge in [-0.05, 0) is 5.92 Å². The average Bonchev–Trinajstić information content (AvgIpc) is 2.89. The van der Waals surface area contributed by atoms with Gasteiger partial charge in [0.2, 0.25) is 0 Å². The van der Waals surface area contributed by atoms with Crippen LogP contribution in [0.3, 0.4) is 0 Å². The minimum Gasteiger partial charge on any atom is -0.459 e. The van der Waals surface area contributed by atoms with Crippen LogP contribution in [0.15, 0.2) is 0 Å². The molecule has 0 aromatic rings. The van der Waals surface area contributed by atoms with E-state index in [1.54, 1.807) is 0 Å². The molecule has 0 atom stereocenters. The van der Waals surface area contributed by atoms with Gasteiger partial charge in [0.25, 0.3) is 0 Å². The Kier molecular flexibility index (Phi) is 12.8. The summed E-state index contributed by atoms with van der Waals surface area (Å²) in [6, 6.07) is 0. The molecule has 0 fully saturated rings. The van der Waals surface area contributed by atoms with Gasteiger partial charge >= 0.3 is 84.0 Å². The maximum Gasteiger partial charge on any atom is 0.384 e. The van der Waals surface area contributed by atoms with E-state index in [9.17, 15) is 115 Å². The maximum absolute atomic E-state index is 13.6. The third-order valence-corrected chi connectivity index (χ3v) is 5.74. The van der Waals surface area contributed by atoms with Gasteiger partial charge in [-0.15, -0.1) is 0 Å². The van der Waals surface area contributed by atoms with Crippen molar-refractivity contribution in [2.24, 2.45) is 5.92 Å². The number of carbonyl (C=O) groups is 2. The molecule has 0 rings (SSSR count). The van der Waals surface area contributed by atoms with Crippen molar-refractivity contribution >= 4 is 11.9 Å². The molecule has 0 saturated heterocycles. The summed E-state index contributed by atoms with van der Waals surface area (Å²) >= 11 is 0. The highest BCUT2D eigenvalue weighted by atomic mass is 19.4. The zero-order valence-corrected chi connectivity index (χ0v) is 22.3. The van der Waals surface area contributed by atoms with Gasteiger partial charge in [-0.3, -0.25) is 9.59 Å². The van der Waals surface area contributed by atoms with Gasteiger partial charge in [0.15, 0.2) is 13.2 Å². The minimum atomic E-state index is -7.99. The molecule has 0 aliphatic rings. The van der Waals surface area contributed by atoms with Crippen molar-refractivity contribution in [3.8, 4) is 0 Å². The average molecular weight is 774 g/mol. The number of carbonyl (C=O) groups excluding carboxylic acids is 2. The Morgan fingerprint density at radius 3 is 0.875 bits per heavy atom. The van der Waals surface area contributed by atoms with Crippen LogP contribution in [0.25, 0.3) is 0 Å². The molecule has 0 unspecified atom stereocenters. The molecule has 48 heavy (non-hydrogen) atoms. The van der Waals surface area contributed by atoms with E-state index in [4.69, 9.17) is 0 Å². The molecule has 0 aliphatic heterocycles. The van der Waals surface area contributed by atoms with Crippen molar-refractivity contribution in [1.82, 2.24) is 0 Å². The highest BCUT2D eigenvalue weighted by molar-refractivity contribution is 5.73. The second kappa shape index (κ2) is 13.5. The topological polar surface area (TPSA) is 52.6 Å². The summed E-state index contributed by atoms with van der Waals surface area (Å²) in [6.07, 6.45) is -14.9. The van der Waals surface area contributed by atoms with E-state index in [2.05, 4.69) is 9.47 Å². The maximum atomic E-state index is 13.6. The minimum absolute atomic E-state index is 0.518. The van der Waals surface area contributed by atoms with Crippen molar-refractivity contribution in [2.75, 3.05) is 13.2 Å². The number of esters is 2. The molecule has 0 spiro atoms. The van der Waals surface area contributed by atoms with Crippen LogP contribution >= 0.6 is 0 Å². The van der Waals surface area contributed by atoms with Gasteiger partial charge < -0.3 is 9.47 Å². The van der Waals surface area contributed by atoms with Gasteiger partial charge in [-0.25, -0.2) is 17.6 Å². The van der Waals surface area contributed by atoms with Crippen molar-refractivity contribution in [3.05, 3.63) is 0 Å². The fraction of sp³-hybridized carbons (Fsp3) is 0.900. The first kappa shape index (κ1) is 45.3. The molecular formula is C20H14F24O4. The van der Waals surface area contributed by atoms with Gasteiger partial charge in [0, 0.05) is 12.8 Å². The summed E-state index contributed by atoms with van der Waals surface area (Å²) in [4.78, 5) is 23.0. The molecule has 0 aromatic carbocycles. The highest BCUT2D eigenvalue weighted by Gasteiger charge is 2.89. The zero-order valence-electron chi connectivity index (χ0n) is 22.3. The van der Waals surface area contributed by atoms with Crippen LogP contribution in [-0.2, 0) is 19.1 Å². The second-order valence-electron chi connectivity index (χ2n) is 9.54. The molecule has 0 N–H and O–H groups in total. The molecule has 4 nitrogen and oxygen atoms in total. The zero-order chi connectivity index (χ0) is 39.1. The summed E-state index contributed by atoms with van der Waals surface area (Å²) in [5.74, 6) is -82.0. The van der Waals surface area contributed by atoms with E-state index in [1.165, 1.54) is 0 Å². The van der Waals surface area contributed by atoms with Crippen LogP contribution in [0.2, 0.25) is 0 Å². The molecule has 0 aromatic heterocycles. The summed E-state index contributed by atoms with van der Waals surface area (Å²) in [5, 5.41) is 0. The lowest BCUT2D eigenvalue weighted by Crippen LogP contribution is -2.69. The monoisotopic (exact) mass is 774 g/mol. The quantitative estimate of drug-likeness (QED) is 0.104. The van der Waals surface area contributed by atoms with Crippen LogP contribution in [0.1, 0.15) is 19.8 Å². The number of ether oxygens (including phenoxy) is 2. The Morgan fingerprint density at radius 1 is 0.438 bits per heavy atom. The second-order valence-corrected chi connectivity index (χ2v) is 9.54. The summed E-state index contributed by atoms with van der Waals surface area (Å²) in [5.41, 5.74) is 0. The fourth-order valence-corrected chi connectivity index (χ4v) is 2.83. The van der Waals surface area contributed by atoms with Gasteiger partial charge in [-0.2, -0.15) is 87.8 Å². The largest absolute Gasteiger partial charge is 0.459 e. The lowest BCUT2D eigenvalue weighted by Gasteiger charge is -2.38. The first-order chi connectivity index (χ1) is 20.8. The van der Waals surface area contributed by atoms with Gasteiger partial charge in [0.05, 0.1) is 0 Å². The molecule has 0 heterocycles. The number of rotatable bonds is 18. The standard InChI is InChI=1S/C20H14F24O4/c1-6(2-7(45)47-4-11(25,26)15(33,34)19(41,42)17(37,38)13(29,30)9(21)22)3-8(46)48-5-12(27,28)16(35,36)20(43,44)18(39,40)14(31,32)10(23)24/h6,9-10H,2-5H2,1H3. The number of halogens is 24. The summed E-state index contributed by atoms with van der Waals surface area (Å²) in [7, 11) is 0. The predicted octanol–water partition coefficient (Wildman–Crippen LogP) is 8.37. The van der Waals surface area contributed by atoms with Crippen LogP contribution in [0.5, 0.6) is 0 Å². The third-order valence-electron chi connectivity index (χ3n) is 5.74. The molecular weight excluding hydrogens is 760 g/mol. The molecule has 0 radical (unpaired) electrons. The molecule has 0 saturated carbocycles. The molecule has 0 aliphatic carbocycles. The Balaban J connectivity index is 5.54. The number of hydrogen-bond donors (Lipinski definition) is 0. The highest BCUT2D eigenvalue weighted by Crippen LogP contribution is 2.59. The van der Waals surface area contributed by atoms with Crippen molar-refractivity contribution in [1.29, 1.82) is 0 Å². The smallest absolute Gasteiger partial charge is 0.384 e. The van der Waals surface area contributed by atoms with Crippen molar-refractivity contribution in [3.63, 3.8) is 0 Å². The Labute approximate surface area is 248 Å². The summed E-state index contributed by atoms with van der Waals surface area (Å²) in [6.45, 7) is -6.30. The van der Waals surface area contributed by atoms with Crippen LogP contribution in [0, 0.1) is 5.92 Å². The fourth-order valence-electron chi connectivity index (χ4n) is 2.83. The molecule has 286 valence electrons.